The number of carbonyl (C=O) groups excluding carboxylic acids is 2. The van der Waals surface area contributed by atoms with Crippen LogP contribution in [0.15, 0.2) is 35.9 Å². The molecule has 4 rings (SSSR count). The average molecular weight is 295 g/mol. The maximum absolute atomic E-state index is 12.7. The number of nitrogens with zero attached hydrogens (tertiary/aromatic N) is 3. The molecule has 1 aromatic heterocycles. The number of hydrogen-bond acceptors (Lipinski definition) is 3. The van der Waals surface area contributed by atoms with Crippen molar-refractivity contribution in [2.24, 2.45) is 18.9 Å². The Morgan fingerprint density at radius 3 is 2.64 bits per heavy atom. The van der Waals surface area contributed by atoms with Crippen molar-refractivity contribution < 1.29 is 9.59 Å². The fourth-order valence-electron chi connectivity index (χ4n) is 3.57. The van der Waals surface area contributed by atoms with E-state index in [9.17, 15) is 9.59 Å². The number of aromatic nitrogens is 2. The van der Waals surface area contributed by atoms with Crippen molar-refractivity contribution in [2.45, 2.75) is 19.8 Å². The first-order chi connectivity index (χ1) is 10.6. The minimum Gasteiger partial charge on any atom is -0.312 e. The van der Waals surface area contributed by atoms with Crippen LogP contribution in [0.25, 0.3) is 11.0 Å². The van der Waals surface area contributed by atoms with E-state index < -0.39 is 0 Å². The van der Waals surface area contributed by atoms with Gasteiger partial charge in [0.05, 0.1) is 22.9 Å². The van der Waals surface area contributed by atoms with Crippen LogP contribution in [0.4, 0.5) is 5.95 Å². The Balaban J connectivity index is 1.81. The third kappa shape index (κ3) is 1.68. The molecule has 2 heterocycles. The van der Waals surface area contributed by atoms with Crippen molar-refractivity contribution >= 4 is 28.8 Å². The Bertz CT molecular complexity index is 834. The van der Waals surface area contributed by atoms with Crippen LogP contribution in [-0.4, -0.2) is 21.4 Å². The van der Waals surface area contributed by atoms with Gasteiger partial charge in [-0.15, -0.1) is 0 Å². The number of anilines is 1. The monoisotopic (exact) mass is 295 g/mol. The van der Waals surface area contributed by atoms with Crippen molar-refractivity contribution in [2.75, 3.05) is 4.90 Å². The highest BCUT2D eigenvalue weighted by atomic mass is 16.2. The average Bonchev–Trinajstić information content (AvgIpc) is 2.96. The molecule has 0 spiro atoms. The molecule has 1 aromatic carbocycles. The minimum atomic E-state index is -0.226. The first-order valence-corrected chi connectivity index (χ1v) is 7.53. The van der Waals surface area contributed by atoms with E-state index in [1.54, 1.807) is 0 Å². The molecule has 0 saturated carbocycles. The molecule has 2 amide bonds. The third-order valence-electron chi connectivity index (χ3n) is 4.79. The number of allylic oxidation sites excluding steroid dienone is 2. The second-order valence-corrected chi connectivity index (χ2v) is 6.17. The highest BCUT2D eigenvalue weighted by molar-refractivity contribution is 6.21. The van der Waals surface area contributed by atoms with Crippen LogP contribution in [0.5, 0.6) is 0 Å². The van der Waals surface area contributed by atoms with E-state index in [0.29, 0.717) is 18.8 Å². The smallest absolute Gasteiger partial charge is 0.240 e. The van der Waals surface area contributed by atoms with Gasteiger partial charge >= 0.3 is 0 Å². The normalized spacial score (nSPS) is 24.8. The van der Waals surface area contributed by atoms with Crippen LogP contribution in [0.2, 0.25) is 0 Å². The predicted octanol–water partition coefficient (Wildman–Crippen LogP) is 2.42. The van der Waals surface area contributed by atoms with Gasteiger partial charge in [-0.25, -0.2) is 9.88 Å². The highest BCUT2D eigenvalue weighted by Crippen LogP contribution is 2.39. The summed E-state index contributed by atoms with van der Waals surface area (Å²) in [4.78, 5) is 31.3. The molecule has 2 aliphatic rings. The zero-order chi connectivity index (χ0) is 15.4. The van der Waals surface area contributed by atoms with Gasteiger partial charge in [0.25, 0.3) is 0 Å². The molecule has 5 nitrogen and oxygen atoms in total. The van der Waals surface area contributed by atoms with Gasteiger partial charge in [-0.3, -0.25) is 9.59 Å². The molecule has 1 aliphatic heterocycles. The minimum absolute atomic E-state index is 0.110. The fourth-order valence-corrected chi connectivity index (χ4v) is 3.57. The molecule has 0 N–H and O–H groups in total. The van der Waals surface area contributed by atoms with Gasteiger partial charge in [0, 0.05) is 7.05 Å². The number of hydrogen-bond donors (Lipinski definition) is 0. The molecular formula is C17H17N3O2. The van der Waals surface area contributed by atoms with Gasteiger partial charge in [0.2, 0.25) is 17.8 Å². The van der Waals surface area contributed by atoms with Gasteiger partial charge in [-0.1, -0.05) is 23.8 Å². The van der Waals surface area contributed by atoms with E-state index >= 15 is 0 Å². The Morgan fingerprint density at radius 2 is 1.86 bits per heavy atom. The summed E-state index contributed by atoms with van der Waals surface area (Å²) in [7, 11) is 1.84. The number of amides is 2. The van der Waals surface area contributed by atoms with Crippen LogP contribution in [0.3, 0.4) is 0 Å². The second kappa shape index (κ2) is 4.53. The summed E-state index contributed by atoms with van der Waals surface area (Å²) in [6, 6.07) is 7.66. The van der Waals surface area contributed by atoms with Gasteiger partial charge in [-0.05, 0) is 31.9 Å². The largest absolute Gasteiger partial charge is 0.312 e. The van der Waals surface area contributed by atoms with E-state index in [-0.39, 0.29) is 23.7 Å². The van der Waals surface area contributed by atoms with Gasteiger partial charge < -0.3 is 4.57 Å². The lowest BCUT2D eigenvalue weighted by atomic mass is 9.82. The van der Waals surface area contributed by atoms with Crippen LogP contribution in [0.1, 0.15) is 19.8 Å². The summed E-state index contributed by atoms with van der Waals surface area (Å²) >= 11 is 0. The van der Waals surface area contributed by atoms with Gasteiger partial charge in [0.15, 0.2) is 0 Å². The van der Waals surface area contributed by atoms with Crippen LogP contribution in [0, 0.1) is 11.8 Å². The summed E-state index contributed by atoms with van der Waals surface area (Å²) < 4.78 is 1.82. The number of para-hydroxylation sites is 2. The molecule has 0 unspecified atom stereocenters. The number of benzene rings is 1. The SMILES string of the molecule is CC1=CC[C@H]2C(=O)N(c3nc4ccccc4n3C)C(=O)[C@H]2C1. The number of rotatable bonds is 1. The lowest BCUT2D eigenvalue weighted by molar-refractivity contribution is -0.122. The molecule has 0 bridgehead atoms. The summed E-state index contributed by atoms with van der Waals surface area (Å²) in [6.07, 6.45) is 3.40. The van der Waals surface area contributed by atoms with Crippen LogP contribution in [-0.2, 0) is 16.6 Å². The van der Waals surface area contributed by atoms with Crippen molar-refractivity contribution in [3.63, 3.8) is 0 Å². The topological polar surface area (TPSA) is 55.2 Å². The molecule has 0 radical (unpaired) electrons. The quantitative estimate of drug-likeness (QED) is 0.599. The van der Waals surface area contributed by atoms with E-state index in [1.165, 1.54) is 10.5 Å². The van der Waals surface area contributed by atoms with Crippen molar-refractivity contribution in [1.82, 2.24) is 9.55 Å². The summed E-state index contributed by atoms with van der Waals surface area (Å²) in [5, 5.41) is 0. The fraction of sp³-hybridized carbons (Fsp3) is 0.353. The number of imide groups is 1. The Hall–Kier alpha value is -2.43. The third-order valence-corrected chi connectivity index (χ3v) is 4.79. The summed E-state index contributed by atoms with van der Waals surface area (Å²) in [5.41, 5.74) is 2.90. The second-order valence-electron chi connectivity index (χ2n) is 6.17. The van der Waals surface area contributed by atoms with Crippen molar-refractivity contribution in [1.29, 1.82) is 0 Å². The predicted molar refractivity (Wildman–Crippen MR) is 83.2 cm³/mol. The van der Waals surface area contributed by atoms with Crippen molar-refractivity contribution in [3.05, 3.63) is 35.9 Å². The van der Waals surface area contributed by atoms with E-state index in [0.717, 1.165) is 11.0 Å². The molecule has 2 atom stereocenters. The Kier molecular flexibility index (Phi) is 2.73. The van der Waals surface area contributed by atoms with E-state index in [1.807, 2.05) is 42.8 Å². The molecule has 2 aromatic rings. The van der Waals surface area contributed by atoms with E-state index in [2.05, 4.69) is 11.1 Å². The van der Waals surface area contributed by atoms with Gasteiger partial charge in [0.1, 0.15) is 0 Å². The molecule has 1 aliphatic carbocycles. The maximum Gasteiger partial charge on any atom is 0.240 e. The first-order valence-electron chi connectivity index (χ1n) is 7.53. The molecule has 22 heavy (non-hydrogen) atoms. The Labute approximate surface area is 128 Å². The molecule has 112 valence electrons. The number of carbonyl (C=O) groups is 2. The Morgan fingerprint density at radius 1 is 1.14 bits per heavy atom. The highest BCUT2D eigenvalue weighted by Gasteiger charge is 2.50. The maximum atomic E-state index is 12.7. The van der Waals surface area contributed by atoms with Crippen LogP contribution >= 0.6 is 0 Å². The molecule has 5 heteroatoms. The standard InChI is InChI=1S/C17H17N3O2/c1-10-7-8-11-12(9-10)16(22)20(15(11)21)17-18-13-5-3-4-6-14(13)19(17)2/h3-7,11-12H,8-9H2,1-2H3/t11-,12+/m1/s1. The number of imidazole rings is 1. The zero-order valence-corrected chi connectivity index (χ0v) is 12.6. The summed E-state index contributed by atoms with van der Waals surface area (Å²) in [5.74, 6) is -0.241. The lowest BCUT2D eigenvalue weighted by Gasteiger charge is -2.18. The number of fused-ring (bicyclic) bond motifs is 2. The summed E-state index contributed by atoms with van der Waals surface area (Å²) in [6.45, 7) is 2.02. The number of aryl methyl sites for hydroxylation is 1. The lowest BCUT2D eigenvalue weighted by Crippen LogP contribution is -2.33. The first kappa shape index (κ1) is 13.2. The van der Waals surface area contributed by atoms with E-state index in [4.69, 9.17) is 0 Å². The van der Waals surface area contributed by atoms with Gasteiger partial charge in [-0.2, -0.15) is 0 Å². The molecule has 1 fully saturated rings. The van der Waals surface area contributed by atoms with Crippen molar-refractivity contribution in [3.8, 4) is 0 Å². The zero-order valence-electron chi connectivity index (χ0n) is 12.6. The molecule has 1 saturated heterocycles. The molecular weight excluding hydrogens is 278 g/mol. The van der Waals surface area contributed by atoms with Crippen LogP contribution < -0.4 is 4.90 Å².